The van der Waals surface area contributed by atoms with Gasteiger partial charge in [0.1, 0.15) is 10.7 Å². The van der Waals surface area contributed by atoms with Gasteiger partial charge in [-0.2, -0.15) is 4.31 Å². The number of fused-ring (bicyclic) bond motifs is 1. The minimum atomic E-state index is -3.47. The Bertz CT molecular complexity index is 1050. The molecule has 0 amide bonds. The Hall–Kier alpha value is -2.36. The second kappa shape index (κ2) is 8.88. The van der Waals surface area contributed by atoms with Gasteiger partial charge in [0, 0.05) is 44.5 Å². The molecule has 172 valence electrons. The first-order valence-electron chi connectivity index (χ1n) is 11.2. The van der Waals surface area contributed by atoms with Gasteiger partial charge in [-0.3, -0.25) is 0 Å². The number of anilines is 1. The van der Waals surface area contributed by atoms with Gasteiger partial charge in [0.25, 0.3) is 0 Å². The predicted octanol–water partition coefficient (Wildman–Crippen LogP) is 3.15. The highest BCUT2D eigenvalue weighted by Gasteiger charge is 2.36. The summed E-state index contributed by atoms with van der Waals surface area (Å²) < 4.78 is 44.0. The molecule has 3 aliphatic heterocycles. The van der Waals surface area contributed by atoms with Crippen molar-refractivity contribution in [3.8, 4) is 11.5 Å². The third kappa shape index (κ3) is 4.16. The molecule has 2 saturated heterocycles. The summed E-state index contributed by atoms with van der Waals surface area (Å²) >= 11 is 0. The average molecular weight is 460 g/mol. The number of nitrogens with zero attached hydrogens (tertiary/aromatic N) is 2. The number of pyridine rings is 1. The highest BCUT2D eigenvalue weighted by atomic mass is 32.2. The van der Waals surface area contributed by atoms with Crippen molar-refractivity contribution < 1.29 is 22.6 Å². The first-order chi connectivity index (χ1) is 15.6. The van der Waals surface area contributed by atoms with Crippen LogP contribution in [0, 0.1) is 0 Å². The highest BCUT2D eigenvalue weighted by Crippen LogP contribution is 2.41. The fourth-order valence-corrected chi connectivity index (χ4v) is 6.17. The van der Waals surface area contributed by atoms with Crippen molar-refractivity contribution >= 4 is 15.8 Å². The number of ether oxygens (including phenoxy) is 3. The van der Waals surface area contributed by atoms with Crippen molar-refractivity contribution in [1.29, 1.82) is 0 Å². The summed E-state index contributed by atoms with van der Waals surface area (Å²) in [5.74, 6) is 2.21. The van der Waals surface area contributed by atoms with Gasteiger partial charge in [0.15, 0.2) is 11.5 Å². The minimum absolute atomic E-state index is 0.126. The molecule has 1 aromatic carbocycles. The number of hydrogen-bond acceptors (Lipinski definition) is 7. The molecule has 0 spiro atoms. The van der Waals surface area contributed by atoms with Crippen LogP contribution in [0.2, 0.25) is 0 Å². The summed E-state index contributed by atoms with van der Waals surface area (Å²) in [5, 5.41) is 3.43. The zero-order valence-electron chi connectivity index (χ0n) is 18.1. The molecular formula is C23H29N3O5S. The van der Waals surface area contributed by atoms with Crippen LogP contribution in [0.15, 0.2) is 41.4 Å². The van der Waals surface area contributed by atoms with Crippen molar-refractivity contribution in [2.75, 3.05) is 45.0 Å². The molecule has 2 aromatic rings. The first kappa shape index (κ1) is 21.5. The smallest absolute Gasteiger partial charge is 0.244 e. The number of hydrogen-bond donors (Lipinski definition) is 1. The van der Waals surface area contributed by atoms with Crippen LogP contribution in [-0.2, 0) is 20.2 Å². The van der Waals surface area contributed by atoms with E-state index in [9.17, 15) is 8.42 Å². The van der Waals surface area contributed by atoms with Crippen LogP contribution in [-0.4, -0.2) is 57.3 Å². The fraction of sp³-hybridized carbons (Fsp3) is 0.522. The van der Waals surface area contributed by atoms with E-state index < -0.39 is 10.0 Å². The van der Waals surface area contributed by atoms with E-state index in [2.05, 4.69) is 22.4 Å². The van der Waals surface area contributed by atoms with Crippen molar-refractivity contribution in [3.63, 3.8) is 0 Å². The molecule has 3 aliphatic rings. The van der Waals surface area contributed by atoms with Crippen LogP contribution in [0.4, 0.5) is 5.82 Å². The number of aromatic nitrogens is 1. The van der Waals surface area contributed by atoms with Gasteiger partial charge in [-0.25, -0.2) is 13.4 Å². The van der Waals surface area contributed by atoms with Gasteiger partial charge in [-0.15, -0.1) is 0 Å². The zero-order valence-corrected chi connectivity index (χ0v) is 18.9. The standard InChI is InChI=1S/C23H29N3O5S/c27-32(28,26-10-2-1-3-11-26)19-5-7-22(24-15-19)25-16-23(8-12-29-13-9-23)18-4-6-20-21(14-18)31-17-30-20/h4-7,14-15H,1-3,8-13,16-17H2,(H,24,25). The molecule has 9 heteroatoms. The maximum absolute atomic E-state index is 12.9. The molecule has 2 fully saturated rings. The maximum atomic E-state index is 12.9. The number of rotatable bonds is 6. The van der Waals surface area contributed by atoms with Crippen molar-refractivity contribution in [3.05, 3.63) is 42.1 Å². The first-order valence-corrected chi connectivity index (χ1v) is 12.7. The molecule has 0 bridgehead atoms. The lowest BCUT2D eigenvalue weighted by molar-refractivity contribution is 0.0543. The number of benzene rings is 1. The van der Waals surface area contributed by atoms with Crippen LogP contribution in [0.1, 0.15) is 37.7 Å². The molecule has 0 radical (unpaired) electrons. The van der Waals surface area contributed by atoms with Gasteiger partial charge in [-0.1, -0.05) is 12.5 Å². The lowest BCUT2D eigenvalue weighted by Crippen LogP contribution is -2.40. The third-order valence-corrected chi connectivity index (χ3v) is 8.61. The van der Waals surface area contributed by atoms with E-state index in [1.165, 1.54) is 11.8 Å². The average Bonchev–Trinajstić information content (AvgIpc) is 3.32. The van der Waals surface area contributed by atoms with Gasteiger partial charge in [-0.05, 0) is 55.5 Å². The highest BCUT2D eigenvalue weighted by molar-refractivity contribution is 7.89. The Balaban J connectivity index is 1.32. The van der Waals surface area contributed by atoms with Gasteiger partial charge >= 0.3 is 0 Å². The molecule has 0 aliphatic carbocycles. The fourth-order valence-electron chi connectivity index (χ4n) is 4.71. The van der Waals surface area contributed by atoms with E-state index in [0.29, 0.717) is 38.7 Å². The lowest BCUT2D eigenvalue weighted by atomic mass is 9.74. The van der Waals surface area contributed by atoms with E-state index in [1.54, 1.807) is 16.4 Å². The molecule has 1 aromatic heterocycles. The number of sulfonamides is 1. The van der Waals surface area contributed by atoms with Gasteiger partial charge in [0.05, 0.1) is 0 Å². The van der Waals surface area contributed by atoms with Crippen LogP contribution in [0.25, 0.3) is 0 Å². The van der Waals surface area contributed by atoms with Crippen LogP contribution >= 0.6 is 0 Å². The molecule has 32 heavy (non-hydrogen) atoms. The summed E-state index contributed by atoms with van der Waals surface area (Å²) in [5.41, 5.74) is 1.06. The monoisotopic (exact) mass is 459 g/mol. The summed E-state index contributed by atoms with van der Waals surface area (Å²) in [6.45, 7) is 3.48. The molecule has 4 heterocycles. The van der Waals surface area contributed by atoms with Crippen LogP contribution in [0.3, 0.4) is 0 Å². The van der Waals surface area contributed by atoms with E-state index in [4.69, 9.17) is 14.2 Å². The Kier molecular flexibility index (Phi) is 5.96. The zero-order chi connectivity index (χ0) is 22.0. The molecule has 0 unspecified atom stereocenters. The predicted molar refractivity (Wildman–Crippen MR) is 120 cm³/mol. The molecule has 0 atom stereocenters. The number of piperidine rings is 1. The van der Waals surface area contributed by atoms with E-state index in [0.717, 1.165) is 43.6 Å². The summed E-state index contributed by atoms with van der Waals surface area (Å²) in [7, 11) is -3.47. The van der Waals surface area contributed by atoms with Gasteiger partial charge < -0.3 is 19.5 Å². The third-order valence-electron chi connectivity index (χ3n) is 6.73. The van der Waals surface area contributed by atoms with Crippen LogP contribution in [0.5, 0.6) is 11.5 Å². The molecule has 1 N–H and O–H groups in total. The molecule has 0 saturated carbocycles. The Morgan fingerprint density at radius 2 is 1.78 bits per heavy atom. The summed E-state index contributed by atoms with van der Waals surface area (Å²) in [6.07, 6.45) is 6.13. The molecular weight excluding hydrogens is 430 g/mol. The maximum Gasteiger partial charge on any atom is 0.244 e. The van der Waals surface area contributed by atoms with E-state index >= 15 is 0 Å². The molecule has 5 rings (SSSR count). The van der Waals surface area contributed by atoms with E-state index in [1.807, 2.05) is 6.07 Å². The minimum Gasteiger partial charge on any atom is -0.454 e. The summed E-state index contributed by atoms with van der Waals surface area (Å²) in [4.78, 5) is 4.67. The Labute approximate surface area is 188 Å². The summed E-state index contributed by atoms with van der Waals surface area (Å²) in [6, 6.07) is 9.53. The second-order valence-electron chi connectivity index (χ2n) is 8.66. The van der Waals surface area contributed by atoms with E-state index in [-0.39, 0.29) is 17.1 Å². The SMILES string of the molecule is O=S(=O)(c1ccc(NCC2(c3ccc4c(c3)OCO4)CCOCC2)nc1)N1CCCCC1. The quantitative estimate of drug-likeness (QED) is 0.710. The molecule has 8 nitrogen and oxygen atoms in total. The largest absolute Gasteiger partial charge is 0.454 e. The van der Waals surface area contributed by atoms with Gasteiger partial charge in [0.2, 0.25) is 16.8 Å². The lowest BCUT2D eigenvalue weighted by Gasteiger charge is -2.38. The Morgan fingerprint density at radius 1 is 1.00 bits per heavy atom. The van der Waals surface area contributed by atoms with Crippen molar-refractivity contribution in [1.82, 2.24) is 9.29 Å². The Morgan fingerprint density at radius 3 is 2.53 bits per heavy atom. The second-order valence-corrected chi connectivity index (χ2v) is 10.6. The normalized spacial score (nSPS) is 20.8. The topological polar surface area (TPSA) is 90.0 Å². The van der Waals surface area contributed by atoms with Crippen molar-refractivity contribution in [2.24, 2.45) is 0 Å². The number of nitrogens with one attached hydrogen (secondary N) is 1. The van der Waals surface area contributed by atoms with Crippen LogP contribution < -0.4 is 14.8 Å². The van der Waals surface area contributed by atoms with Crippen molar-refractivity contribution in [2.45, 2.75) is 42.4 Å².